The summed E-state index contributed by atoms with van der Waals surface area (Å²) in [5.74, 6) is -0.0561. The average molecular weight is 233 g/mol. The lowest BCUT2D eigenvalue weighted by molar-refractivity contribution is -0.140. The summed E-state index contributed by atoms with van der Waals surface area (Å²) in [7, 11) is 0. The Morgan fingerprint density at radius 1 is 1.60 bits per heavy atom. The number of thioether (sulfide) groups is 1. The predicted molar refractivity (Wildman–Crippen MR) is 57.7 cm³/mol. The quantitative estimate of drug-likeness (QED) is 0.569. The molecule has 15 heavy (non-hydrogen) atoms. The van der Waals surface area contributed by atoms with Gasteiger partial charge in [0.1, 0.15) is 6.04 Å². The Hall–Kier alpha value is -0.950. The molecule has 1 heterocycles. The number of hydrogen-bond acceptors (Lipinski definition) is 4. The zero-order valence-corrected chi connectivity index (χ0v) is 9.13. The summed E-state index contributed by atoms with van der Waals surface area (Å²) in [6, 6.07) is -1.02. The minimum absolute atomic E-state index is 0.319. The number of rotatable bonds is 4. The zero-order chi connectivity index (χ0) is 11.3. The first-order valence-corrected chi connectivity index (χ1v) is 5.87. The Morgan fingerprint density at radius 3 is 2.93 bits per heavy atom. The molecule has 0 bridgehead atoms. The number of nitrogens with zero attached hydrogens (tertiary/aromatic N) is 1. The van der Waals surface area contributed by atoms with Crippen molar-refractivity contribution in [1.29, 1.82) is 0 Å². The molecule has 2 amide bonds. The maximum Gasteiger partial charge on any atom is 0.327 e. The minimum atomic E-state index is -0.950. The summed E-state index contributed by atoms with van der Waals surface area (Å²) < 4.78 is 0. The van der Waals surface area contributed by atoms with Crippen LogP contribution in [0.25, 0.3) is 0 Å². The van der Waals surface area contributed by atoms with Crippen molar-refractivity contribution in [1.82, 2.24) is 10.2 Å². The molecule has 86 valence electrons. The summed E-state index contributed by atoms with van der Waals surface area (Å²) in [5, 5.41) is 11.5. The van der Waals surface area contributed by atoms with E-state index >= 15 is 0 Å². The number of carbonyl (C=O) groups is 2. The van der Waals surface area contributed by atoms with E-state index in [1.165, 1.54) is 16.7 Å². The van der Waals surface area contributed by atoms with Crippen molar-refractivity contribution in [2.45, 2.75) is 12.5 Å². The van der Waals surface area contributed by atoms with Crippen LogP contribution in [0.1, 0.15) is 6.42 Å². The third kappa shape index (κ3) is 3.28. The second-order valence-corrected chi connectivity index (χ2v) is 4.20. The summed E-state index contributed by atoms with van der Waals surface area (Å²) in [4.78, 5) is 23.7. The largest absolute Gasteiger partial charge is 0.480 e. The van der Waals surface area contributed by atoms with Crippen molar-refractivity contribution in [3.05, 3.63) is 0 Å². The summed E-state index contributed by atoms with van der Waals surface area (Å²) >= 11 is 1.45. The molecule has 1 unspecified atom stereocenters. The lowest BCUT2D eigenvalue weighted by atomic mass is 10.3. The fourth-order valence-electron chi connectivity index (χ4n) is 1.25. The van der Waals surface area contributed by atoms with E-state index in [1.807, 2.05) is 0 Å². The molecule has 1 rings (SSSR count). The third-order valence-corrected chi connectivity index (χ3v) is 3.10. The maximum atomic E-state index is 11.5. The van der Waals surface area contributed by atoms with Crippen LogP contribution in [0.15, 0.2) is 0 Å². The van der Waals surface area contributed by atoms with Gasteiger partial charge in [-0.05, 0) is 13.0 Å². The molecule has 1 aliphatic heterocycles. The molecule has 0 aromatic rings. The molecule has 0 aromatic heterocycles. The van der Waals surface area contributed by atoms with Crippen LogP contribution < -0.4 is 11.1 Å². The highest BCUT2D eigenvalue weighted by atomic mass is 32.2. The second-order valence-electron chi connectivity index (χ2n) is 3.20. The number of urea groups is 1. The van der Waals surface area contributed by atoms with Gasteiger partial charge in [0.2, 0.25) is 0 Å². The van der Waals surface area contributed by atoms with Crippen molar-refractivity contribution >= 4 is 23.8 Å². The Kier molecular flexibility index (Phi) is 4.70. The van der Waals surface area contributed by atoms with E-state index in [0.717, 1.165) is 0 Å². The minimum Gasteiger partial charge on any atom is -0.480 e. The number of carbonyl (C=O) groups excluding carboxylic acids is 1. The van der Waals surface area contributed by atoms with Gasteiger partial charge in [0.05, 0.1) is 5.88 Å². The van der Waals surface area contributed by atoms with Crippen LogP contribution in [0.3, 0.4) is 0 Å². The van der Waals surface area contributed by atoms with Crippen molar-refractivity contribution < 1.29 is 14.7 Å². The number of carboxylic acids is 1. The van der Waals surface area contributed by atoms with E-state index in [1.54, 1.807) is 0 Å². The lowest BCUT2D eigenvalue weighted by Gasteiger charge is -2.20. The molecule has 6 nitrogen and oxygen atoms in total. The van der Waals surface area contributed by atoms with Gasteiger partial charge in [-0.25, -0.2) is 9.59 Å². The Labute approximate surface area is 92.2 Å². The van der Waals surface area contributed by atoms with E-state index in [4.69, 9.17) is 10.8 Å². The smallest absolute Gasteiger partial charge is 0.327 e. The molecule has 0 aliphatic carbocycles. The molecule has 1 fully saturated rings. The van der Waals surface area contributed by atoms with Crippen LogP contribution in [0.5, 0.6) is 0 Å². The van der Waals surface area contributed by atoms with Crippen LogP contribution in [0, 0.1) is 0 Å². The molecule has 7 heteroatoms. The van der Waals surface area contributed by atoms with Crippen LogP contribution in [0.2, 0.25) is 0 Å². The fraction of sp³-hybridized carbons (Fsp3) is 0.750. The lowest BCUT2D eigenvalue weighted by Crippen LogP contribution is -2.47. The third-order valence-electron chi connectivity index (χ3n) is 2.09. The van der Waals surface area contributed by atoms with Crippen LogP contribution >= 0.6 is 11.8 Å². The Morgan fingerprint density at radius 2 is 2.33 bits per heavy atom. The molecule has 1 aliphatic rings. The topological polar surface area (TPSA) is 95.7 Å². The van der Waals surface area contributed by atoms with Gasteiger partial charge >= 0.3 is 12.0 Å². The SMILES string of the molecule is NCCCNC(=O)N1CSCC1C(=O)O. The maximum absolute atomic E-state index is 11.5. The van der Waals surface area contributed by atoms with Gasteiger partial charge in [-0.1, -0.05) is 0 Å². The normalized spacial score (nSPS) is 20.3. The first kappa shape index (κ1) is 12.1. The number of hydrogen-bond donors (Lipinski definition) is 3. The molecule has 4 N–H and O–H groups in total. The number of nitrogens with one attached hydrogen (secondary N) is 1. The second kappa shape index (κ2) is 5.82. The molecule has 0 radical (unpaired) electrons. The van der Waals surface area contributed by atoms with Crippen molar-refractivity contribution in [2.75, 3.05) is 24.7 Å². The van der Waals surface area contributed by atoms with E-state index in [2.05, 4.69) is 5.32 Å². The fourth-order valence-corrected chi connectivity index (χ4v) is 2.39. The van der Waals surface area contributed by atoms with Gasteiger partial charge in [0.15, 0.2) is 0 Å². The van der Waals surface area contributed by atoms with E-state index in [-0.39, 0.29) is 6.03 Å². The van der Waals surface area contributed by atoms with Gasteiger partial charge in [-0.2, -0.15) is 0 Å². The highest BCUT2D eigenvalue weighted by Gasteiger charge is 2.34. The summed E-state index contributed by atoms with van der Waals surface area (Å²) in [6.45, 7) is 1.00. The molecular formula is C8H15N3O3S. The van der Waals surface area contributed by atoms with E-state index < -0.39 is 12.0 Å². The molecule has 1 saturated heterocycles. The van der Waals surface area contributed by atoms with E-state index in [0.29, 0.717) is 31.1 Å². The van der Waals surface area contributed by atoms with Gasteiger partial charge in [0.25, 0.3) is 0 Å². The Bertz CT molecular complexity index is 249. The standard InChI is InChI=1S/C8H15N3O3S/c9-2-1-3-10-8(14)11-5-15-4-6(11)7(12)13/h6H,1-5,9H2,(H,10,14)(H,12,13). The van der Waals surface area contributed by atoms with Crippen molar-refractivity contribution in [3.63, 3.8) is 0 Å². The zero-order valence-electron chi connectivity index (χ0n) is 8.31. The molecule has 0 aromatic carbocycles. The van der Waals surface area contributed by atoms with Gasteiger partial charge in [-0.3, -0.25) is 0 Å². The van der Waals surface area contributed by atoms with Gasteiger partial charge < -0.3 is 21.1 Å². The van der Waals surface area contributed by atoms with Crippen molar-refractivity contribution in [2.24, 2.45) is 5.73 Å². The first-order chi connectivity index (χ1) is 7.16. The highest BCUT2D eigenvalue weighted by Crippen LogP contribution is 2.20. The highest BCUT2D eigenvalue weighted by molar-refractivity contribution is 7.99. The number of aliphatic carboxylic acids is 1. The van der Waals surface area contributed by atoms with Gasteiger partial charge in [-0.15, -0.1) is 11.8 Å². The molecule has 0 spiro atoms. The molecular weight excluding hydrogens is 218 g/mol. The monoisotopic (exact) mass is 233 g/mol. The van der Waals surface area contributed by atoms with Crippen LogP contribution in [-0.2, 0) is 4.79 Å². The van der Waals surface area contributed by atoms with E-state index in [9.17, 15) is 9.59 Å². The average Bonchev–Trinajstić information content (AvgIpc) is 2.66. The number of nitrogens with two attached hydrogens (primary N) is 1. The number of carboxylic acid groups (broad SMARTS) is 1. The number of amides is 2. The molecule has 0 saturated carbocycles. The summed E-state index contributed by atoms with van der Waals surface area (Å²) in [5.41, 5.74) is 5.28. The first-order valence-electron chi connectivity index (χ1n) is 4.72. The molecule has 1 atom stereocenters. The van der Waals surface area contributed by atoms with Crippen LogP contribution in [0.4, 0.5) is 4.79 Å². The van der Waals surface area contributed by atoms with Gasteiger partial charge in [0, 0.05) is 12.3 Å². The summed E-state index contributed by atoms with van der Waals surface area (Å²) in [6.07, 6.45) is 0.699. The van der Waals surface area contributed by atoms with Crippen LogP contribution in [-0.4, -0.2) is 52.8 Å². The Balaban J connectivity index is 2.40. The predicted octanol–water partition coefficient (Wildman–Crippen LogP) is -0.496. The van der Waals surface area contributed by atoms with Crippen molar-refractivity contribution in [3.8, 4) is 0 Å².